The lowest BCUT2D eigenvalue weighted by Crippen LogP contribution is -2.49. The number of carbonyl (C=O) groups excluding carboxylic acids is 1. The van der Waals surface area contributed by atoms with Gasteiger partial charge in [0.25, 0.3) is 0 Å². The fourth-order valence-corrected chi connectivity index (χ4v) is 9.81. The maximum absolute atomic E-state index is 14.2. The molecule has 0 aliphatic carbocycles. The summed E-state index contributed by atoms with van der Waals surface area (Å²) in [6.07, 6.45) is -7.65. The molecule has 2 aliphatic heterocycles. The van der Waals surface area contributed by atoms with Crippen LogP contribution in [0.5, 0.6) is 0 Å². The standard InChI is InChI=1S/C34H56N8O15P2SSi/c1-18(33(2,3)4)60-15-22(57-61(8,9)34(5,6)7)31(44)55-27-21(54-30(26(27)43)42-17-39-25-28(36)37-16-38-29(25)42)14-52-59(49,50)56-19-12-24(41-11-10-23(35)40-32(41)45)53-20(19)13-51-58(46,47)48/h10-11,16-22,24,26-27,30,43H,12-15H2,1-9H3,(H,49,50)(H2,35,40,45)(H2,36,37,38)(H2,46,47,48)/t18?,19-,20-,21-,22?,24+,26+,27+,30+/m0/s1. The number of aliphatic hydroxyl groups is 1. The van der Waals surface area contributed by atoms with Gasteiger partial charge < -0.3 is 49.9 Å². The number of rotatable bonds is 17. The Morgan fingerprint density at radius 3 is 2.33 bits per heavy atom. The molecule has 2 fully saturated rings. The topological polar surface area (TPSA) is 327 Å². The number of imidazole rings is 1. The highest BCUT2D eigenvalue weighted by atomic mass is 32.2. The molecule has 10 atom stereocenters. The van der Waals surface area contributed by atoms with Gasteiger partial charge in [0.05, 0.1) is 19.5 Å². The van der Waals surface area contributed by atoms with Crippen LogP contribution in [-0.4, -0.2) is 124 Å². The summed E-state index contributed by atoms with van der Waals surface area (Å²) in [6, 6.07) is 1.30. The number of hydrogen-bond acceptors (Lipinski definition) is 19. The van der Waals surface area contributed by atoms with Crippen molar-refractivity contribution in [3.8, 4) is 0 Å². The average molecular weight is 939 g/mol. The predicted molar refractivity (Wildman–Crippen MR) is 223 cm³/mol. The summed E-state index contributed by atoms with van der Waals surface area (Å²) < 4.78 is 67.5. The van der Waals surface area contributed by atoms with Gasteiger partial charge in [-0.2, -0.15) is 16.7 Å². The van der Waals surface area contributed by atoms with Crippen LogP contribution in [0.15, 0.2) is 29.7 Å². The Morgan fingerprint density at radius 2 is 1.70 bits per heavy atom. The van der Waals surface area contributed by atoms with Gasteiger partial charge in [0.15, 0.2) is 38.2 Å². The van der Waals surface area contributed by atoms with Crippen molar-refractivity contribution in [3.05, 3.63) is 35.4 Å². The molecular weight excluding hydrogens is 883 g/mol. The van der Waals surface area contributed by atoms with Gasteiger partial charge in [0.2, 0.25) is 0 Å². The van der Waals surface area contributed by atoms with Gasteiger partial charge in [-0.25, -0.2) is 33.7 Å². The number of nitrogens with zero attached hydrogens (tertiary/aromatic N) is 6. The fourth-order valence-electron chi connectivity index (χ4n) is 5.98. The van der Waals surface area contributed by atoms with Crippen LogP contribution in [0.2, 0.25) is 18.1 Å². The molecule has 0 radical (unpaired) electrons. The van der Waals surface area contributed by atoms with Gasteiger partial charge in [0.1, 0.15) is 48.3 Å². The molecule has 0 bridgehead atoms. The molecule has 0 amide bonds. The zero-order chi connectivity index (χ0) is 45.5. The molecule has 5 heterocycles. The van der Waals surface area contributed by atoms with Crippen LogP contribution in [-0.2, 0) is 46.1 Å². The number of aliphatic hydroxyl groups excluding tert-OH is 1. The molecule has 8 N–H and O–H groups in total. The van der Waals surface area contributed by atoms with E-state index in [1.165, 1.54) is 41.2 Å². The smallest absolute Gasteiger partial charge is 0.455 e. The number of nitrogen functional groups attached to an aromatic ring is 2. The monoisotopic (exact) mass is 938 g/mol. The highest BCUT2D eigenvalue weighted by Gasteiger charge is 2.51. The van der Waals surface area contributed by atoms with Crippen LogP contribution >= 0.6 is 27.4 Å². The summed E-state index contributed by atoms with van der Waals surface area (Å²) >= 11 is 1.53. The highest BCUT2D eigenvalue weighted by Crippen LogP contribution is 2.50. The molecule has 5 rings (SSSR count). The summed E-state index contributed by atoms with van der Waals surface area (Å²) in [5.41, 5.74) is 11.0. The highest BCUT2D eigenvalue weighted by molar-refractivity contribution is 8.00. The van der Waals surface area contributed by atoms with Crippen LogP contribution in [0.3, 0.4) is 0 Å². The first-order valence-corrected chi connectivity index (χ1v) is 26.2. The SMILES string of the molecule is CC(SCC(O[Si](C)(C)C(C)(C)C)C(=O)O[C@H]1[C@@H](O)[C@H](n2cnc3c(N)ncnc32)O[C@H]1COP(=O)(O)O[C@H]1C[C@H](n2ccc(N)nc2=O)O[C@H]1COP(=O)(O)O)C(C)(C)C. The van der Waals surface area contributed by atoms with E-state index in [4.69, 9.17) is 39.2 Å². The van der Waals surface area contributed by atoms with Gasteiger partial charge >= 0.3 is 27.3 Å². The Hall–Kier alpha value is -2.87. The normalized spacial score (nSPS) is 26.0. The lowest BCUT2D eigenvalue weighted by molar-refractivity contribution is -0.164. The zero-order valence-corrected chi connectivity index (χ0v) is 38.9. The Labute approximate surface area is 357 Å². The van der Waals surface area contributed by atoms with Gasteiger partial charge in [-0.1, -0.05) is 48.5 Å². The maximum atomic E-state index is 14.2. The maximum Gasteiger partial charge on any atom is 0.472 e. The summed E-state index contributed by atoms with van der Waals surface area (Å²) in [6.45, 7) is 16.7. The summed E-state index contributed by atoms with van der Waals surface area (Å²) in [4.78, 5) is 72.5. The number of aromatic nitrogens is 6. The van der Waals surface area contributed by atoms with E-state index in [1.54, 1.807) is 0 Å². The van der Waals surface area contributed by atoms with Crippen molar-refractivity contribution in [2.75, 3.05) is 30.4 Å². The number of anilines is 2. The molecule has 342 valence electrons. The summed E-state index contributed by atoms with van der Waals surface area (Å²) in [5, 5.41) is 11.6. The van der Waals surface area contributed by atoms with Crippen molar-refractivity contribution in [1.29, 1.82) is 0 Å². The Kier molecular flexibility index (Phi) is 15.1. The second kappa shape index (κ2) is 18.7. The van der Waals surface area contributed by atoms with E-state index in [9.17, 15) is 38.5 Å². The number of ether oxygens (including phenoxy) is 3. The number of phosphoric acid groups is 2. The third-order valence-corrected chi connectivity index (χ3v) is 18.6. The number of hydrogen-bond donors (Lipinski definition) is 6. The molecule has 0 saturated carbocycles. The molecule has 3 aromatic heterocycles. The quantitative estimate of drug-likeness (QED) is 0.0644. The second-order valence-electron chi connectivity index (χ2n) is 17.4. The van der Waals surface area contributed by atoms with Crippen LogP contribution < -0.4 is 17.2 Å². The minimum atomic E-state index is -5.18. The molecule has 61 heavy (non-hydrogen) atoms. The van der Waals surface area contributed by atoms with E-state index in [1.807, 2.05) is 40.8 Å². The number of esters is 1. The zero-order valence-electron chi connectivity index (χ0n) is 35.3. The second-order valence-corrected chi connectivity index (χ2v) is 26.1. The minimum Gasteiger partial charge on any atom is -0.455 e. The molecule has 2 aliphatic rings. The summed E-state index contributed by atoms with van der Waals surface area (Å²) in [5.74, 6) is -0.629. The van der Waals surface area contributed by atoms with Crippen molar-refractivity contribution < 1.29 is 65.9 Å². The third-order valence-electron chi connectivity index (χ3n) is 10.9. The Morgan fingerprint density at radius 1 is 1.03 bits per heavy atom. The molecule has 3 aromatic rings. The van der Waals surface area contributed by atoms with Gasteiger partial charge in [0, 0.05) is 23.6 Å². The fraction of sp³-hybridized carbons (Fsp3) is 0.706. The lowest BCUT2D eigenvalue weighted by Gasteiger charge is -2.39. The van der Waals surface area contributed by atoms with E-state index in [0.29, 0.717) is 0 Å². The number of fused-ring (bicyclic) bond motifs is 1. The Bertz CT molecular complexity index is 2180. The number of thioether (sulfide) groups is 1. The summed E-state index contributed by atoms with van der Waals surface area (Å²) in [7, 11) is -12.8. The van der Waals surface area contributed by atoms with Crippen molar-refractivity contribution in [1.82, 2.24) is 29.1 Å². The number of nitrogens with two attached hydrogens (primary N) is 2. The largest absolute Gasteiger partial charge is 0.472 e. The van der Waals surface area contributed by atoms with Crippen LogP contribution in [0.1, 0.15) is 67.3 Å². The predicted octanol–water partition coefficient (Wildman–Crippen LogP) is 2.87. The van der Waals surface area contributed by atoms with Gasteiger partial charge in [-0.15, -0.1) is 0 Å². The molecule has 23 nitrogen and oxygen atoms in total. The van der Waals surface area contributed by atoms with E-state index in [-0.39, 0.29) is 50.7 Å². The molecule has 2 saturated heterocycles. The lowest BCUT2D eigenvalue weighted by atomic mass is 9.93. The van der Waals surface area contributed by atoms with E-state index in [2.05, 4.69) is 45.2 Å². The Balaban J connectivity index is 1.41. The van der Waals surface area contributed by atoms with Crippen molar-refractivity contribution in [3.63, 3.8) is 0 Å². The third kappa shape index (κ3) is 12.2. The first-order valence-electron chi connectivity index (χ1n) is 19.2. The molecule has 0 spiro atoms. The van der Waals surface area contributed by atoms with Crippen LogP contribution in [0, 0.1) is 5.41 Å². The van der Waals surface area contributed by atoms with E-state index in [0.717, 1.165) is 4.57 Å². The molecule has 27 heteroatoms. The average Bonchev–Trinajstić information content (AvgIpc) is 3.82. The van der Waals surface area contributed by atoms with Crippen LogP contribution in [0.25, 0.3) is 11.2 Å². The number of carbonyl (C=O) groups is 1. The molecular formula is C34H56N8O15P2SSi. The van der Waals surface area contributed by atoms with Crippen molar-refractivity contribution >= 4 is 64.5 Å². The minimum absolute atomic E-state index is 0.0465. The first kappa shape index (κ1) is 49.1. The molecule has 0 aromatic carbocycles. The van der Waals surface area contributed by atoms with Crippen molar-refractivity contribution in [2.45, 2.75) is 127 Å². The van der Waals surface area contributed by atoms with Crippen LogP contribution in [0.4, 0.5) is 11.6 Å². The van der Waals surface area contributed by atoms with Gasteiger partial charge in [-0.3, -0.25) is 22.7 Å². The first-order chi connectivity index (χ1) is 28.1. The number of phosphoric ester groups is 2. The van der Waals surface area contributed by atoms with E-state index < -0.39 is 97.9 Å². The van der Waals surface area contributed by atoms with Crippen molar-refractivity contribution in [2.24, 2.45) is 5.41 Å². The van der Waals surface area contributed by atoms with E-state index >= 15 is 0 Å². The van der Waals surface area contributed by atoms with Gasteiger partial charge in [-0.05, 0) is 29.6 Å². The molecule has 3 unspecified atom stereocenters.